The van der Waals surface area contributed by atoms with Crippen LogP contribution < -0.4 is 0 Å². The predicted molar refractivity (Wildman–Crippen MR) is 103 cm³/mol. The first-order valence-corrected chi connectivity index (χ1v) is 12.1. The molecule has 1 aromatic rings. The van der Waals surface area contributed by atoms with Gasteiger partial charge in [-0.05, 0) is 53.7 Å². The number of likely N-dealkylation sites (tertiary alicyclic amines) is 1. The largest absolute Gasteiger partial charge is 0.342 e. The molecular weight excluding hydrogens is 424 g/mol. The quantitative estimate of drug-likeness (QED) is 0.707. The highest BCUT2D eigenvalue weighted by atomic mass is 79.9. The zero-order chi connectivity index (χ0) is 17.9. The fraction of sp³-hybridized carbons (Fsp3) is 0.706. The van der Waals surface area contributed by atoms with Gasteiger partial charge < -0.3 is 4.90 Å². The standard InChI is InChI=1S/C17H25BrN2O3S2/c18-15-6-7-16(24-15)25(22,23)20-12-8-14(9-13-20)17(21)19-10-4-2-1-3-5-11-19/h6-7,14H,1-5,8-13H2. The van der Waals surface area contributed by atoms with E-state index in [1.165, 1.54) is 34.9 Å². The van der Waals surface area contributed by atoms with Crippen molar-refractivity contribution in [1.29, 1.82) is 0 Å². The van der Waals surface area contributed by atoms with Crippen LogP contribution in [0, 0.1) is 5.92 Å². The summed E-state index contributed by atoms with van der Waals surface area (Å²) in [6.07, 6.45) is 7.12. The number of nitrogens with zero attached hydrogens (tertiary/aromatic N) is 2. The maximum Gasteiger partial charge on any atom is 0.252 e. The molecule has 1 amide bonds. The highest BCUT2D eigenvalue weighted by molar-refractivity contribution is 9.11. The van der Waals surface area contributed by atoms with Gasteiger partial charge in [0.2, 0.25) is 5.91 Å². The lowest BCUT2D eigenvalue weighted by molar-refractivity contribution is -0.137. The van der Waals surface area contributed by atoms with E-state index in [4.69, 9.17) is 0 Å². The molecule has 3 heterocycles. The van der Waals surface area contributed by atoms with Crippen LogP contribution in [0.5, 0.6) is 0 Å². The third-order valence-electron chi connectivity index (χ3n) is 5.11. The molecule has 0 radical (unpaired) electrons. The number of carbonyl (C=O) groups excluding carboxylic acids is 1. The number of sulfonamides is 1. The molecule has 25 heavy (non-hydrogen) atoms. The molecule has 2 fully saturated rings. The molecule has 8 heteroatoms. The Kier molecular flexibility index (Phi) is 6.57. The number of thiophene rings is 1. The van der Waals surface area contributed by atoms with Crippen molar-refractivity contribution in [3.05, 3.63) is 15.9 Å². The number of halogens is 1. The van der Waals surface area contributed by atoms with Crippen LogP contribution in [-0.4, -0.2) is 49.7 Å². The average Bonchev–Trinajstić information content (AvgIpc) is 3.01. The Balaban J connectivity index is 1.58. The van der Waals surface area contributed by atoms with Crippen molar-refractivity contribution in [2.45, 2.75) is 49.2 Å². The molecule has 0 bridgehead atoms. The van der Waals surface area contributed by atoms with Crippen molar-refractivity contribution in [1.82, 2.24) is 9.21 Å². The van der Waals surface area contributed by atoms with Crippen molar-refractivity contribution in [2.75, 3.05) is 26.2 Å². The van der Waals surface area contributed by atoms with Gasteiger partial charge >= 0.3 is 0 Å². The molecule has 0 spiro atoms. The van der Waals surface area contributed by atoms with Gasteiger partial charge in [-0.1, -0.05) is 19.3 Å². The van der Waals surface area contributed by atoms with Gasteiger partial charge in [-0.15, -0.1) is 11.3 Å². The molecule has 0 aliphatic carbocycles. The molecule has 0 N–H and O–H groups in total. The van der Waals surface area contributed by atoms with E-state index in [-0.39, 0.29) is 11.8 Å². The van der Waals surface area contributed by atoms with Crippen molar-refractivity contribution < 1.29 is 13.2 Å². The zero-order valence-electron chi connectivity index (χ0n) is 14.3. The number of hydrogen-bond acceptors (Lipinski definition) is 4. The summed E-state index contributed by atoms with van der Waals surface area (Å²) >= 11 is 4.55. The first-order valence-electron chi connectivity index (χ1n) is 9.03. The summed E-state index contributed by atoms with van der Waals surface area (Å²) in [5.41, 5.74) is 0. The lowest BCUT2D eigenvalue weighted by Gasteiger charge is -2.34. The zero-order valence-corrected chi connectivity index (χ0v) is 17.5. The van der Waals surface area contributed by atoms with Gasteiger partial charge in [0.05, 0.1) is 3.79 Å². The van der Waals surface area contributed by atoms with Gasteiger partial charge in [-0.25, -0.2) is 8.42 Å². The van der Waals surface area contributed by atoms with Crippen LogP contribution in [0.1, 0.15) is 44.9 Å². The van der Waals surface area contributed by atoms with Crippen LogP contribution in [0.3, 0.4) is 0 Å². The second-order valence-corrected chi connectivity index (χ2v) is 11.5. The van der Waals surface area contributed by atoms with Crippen LogP contribution >= 0.6 is 27.3 Å². The highest BCUT2D eigenvalue weighted by Crippen LogP contribution is 2.31. The van der Waals surface area contributed by atoms with Crippen LogP contribution in [0.25, 0.3) is 0 Å². The number of rotatable bonds is 3. The molecule has 0 atom stereocenters. The molecule has 2 saturated heterocycles. The summed E-state index contributed by atoms with van der Waals surface area (Å²) in [5.74, 6) is 0.207. The molecule has 2 aliphatic heterocycles. The van der Waals surface area contributed by atoms with Crippen LogP contribution in [0.15, 0.2) is 20.1 Å². The maximum absolute atomic E-state index is 12.8. The normalized spacial score (nSPS) is 21.7. The summed E-state index contributed by atoms with van der Waals surface area (Å²) < 4.78 is 28.1. The van der Waals surface area contributed by atoms with Crippen LogP contribution in [0.2, 0.25) is 0 Å². The third-order valence-corrected chi connectivity index (χ3v) is 9.10. The summed E-state index contributed by atoms with van der Waals surface area (Å²) in [7, 11) is -3.43. The van der Waals surface area contributed by atoms with E-state index in [0.29, 0.717) is 30.1 Å². The Morgan fingerprint density at radius 3 is 2.16 bits per heavy atom. The minimum atomic E-state index is -3.43. The SMILES string of the molecule is O=C(C1CCN(S(=O)(=O)c2ccc(Br)s2)CC1)N1CCCCCCC1. The van der Waals surface area contributed by atoms with Gasteiger partial charge in [0, 0.05) is 32.1 Å². The van der Waals surface area contributed by atoms with Crippen molar-refractivity contribution in [2.24, 2.45) is 5.92 Å². The summed E-state index contributed by atoms with van der Waals surface area (Å²) in [5, 5.41) is 0. The monoisotopic (exact) mass is 448 g/mol. The molecule has 1 aromatic heterocycles. The smallest absolute Gasteiger partial charge is 0.252 e. The van der Waals surface area contributed by atoms with Crippen molar-refractivity contribution in [3.8, 4) is 0 Å². The molecule has 3 rings (SSSR count). The summed E-state index contributed by atoms with van der Waals surface area (Å²) in [6.45, 7) is 2.59. The minimum Gasteiger partial charge on any atom is -0.342 e. The van der Waals surface area contributed by atoms with E-state index >= 15 is 0 Å². The van der Waals surface area contributed by atoms with Crippen LogP contribution in [-0.2, 0) is 14.8 Å². The first kappa shape index (κ1) is 19.3. The molecular formula is C17H25BrN2O3S2. The van der Waals surface area contributed by atoms with Gasteiger partial charge in [-0.3, -0.25) is 4.79 Å². The summed E-state index contributed by atoms with van der Waals surface area (Å²) in [4.78, 5) is 14.8. The van der Waals surface area contributed by atoms with E-state index in [0.717, 1.165) is 29.7 Å². The van der Waals surface area contributed by atoms with Gasteiger partial charge in [-0.2, -0.15) is 4.31 Å². The second kappa shape index (κ2) is 8.50. The highest BCUT2D eigenvalue weighted by Gasteiger charge is 2.34. The fourth-order valence-corrected chi connectivity index (χ4v) is 7.27. The lowest BCUT2D eigenvalue weighted by Crippen LogP contribution is -2.45. The van der Waals surface area contributed by atoms with E-state index in [2.05, 4.69) is 15.9 Å². The number of piperidine rings is 1. The molecule has 5 nitrogen and oxygen atoms in total. The van der Waals surface area contributed by atoms with E-state index in [1.54, 1.807) is 12.1 Å². The Hall–Kier alpha value is -0.440. The Morgan fingerprint density at radius 2 is 1.60 bits per heavy atom. The van der Waals surface area contributed by atoms with Gasteiger partial charge in [0.15, 0.2) is 0 Å². The Labute approximate surface area is 162 Å². The number of hydrogen-bond donors (Lipinski definition) is 0. The van der Waals surface area contributed by atoms with E-state index < -0.39 is 10.0 Å². The molecule has 0 aromatic carbocycles. The van der Waals surface area contributed by atoms with E-state index in [9.17, 15) is 13.2 Å². The fourth-order valence-electron chi connectivity index (χ4n) is 3.63. The lowest BCUT2D eigenvalue weighted by atomic mass is 9.95. The van der Waals surface area contributed by atoms with E-state index in [1.807, 2.05) is 4.90 Å². The third kappa shape index (κ3) is 4.64. The Morgan fingerprint density at radius 1 is 1.00 bits per heavy atom. The van der Waals surface area contributed by atoms with Gasteiger partial charge in [0.25, 0.3) is 10.0 Å². The predicted octanol–water partition coefficient (Wildman–Crippen LogP) is 3.70. The van der Waals surface area contributed by atoms with Crippen LogP contribution in [0.4, 0.5) is 0 Å². The first-order chi connectivity index (χ1) is 12.0. The van der Waals surface area contributed by atoms with Crippen molar-refractivity contribution in [3.63, 3.8) is 0 Å². The average molecular weight is 449 g/mol. The summed E-state index contributed by atoms with van der Waals surface area (Å²) in [6, 6.07) is 3.40. The maximum atomic E-state index is 12.8. The molecule has 0 saturated carbocycles. The number of amides is 1. The Bertz CT molecular complexity index is 689. The molecule has 0 unspecified atom stereocenters. The second-order valence-electron chi connectivity index (χ2n) is 6.83. The molecule has 2 aliphatic rings. The minimum absolute atomic E-state index is 0.0269. The topological polar surface area (TPSA) is 57.7 Å². The van der Waals surface area contributed by atoms with Crippen molar-refractivity contribution >= 4 is 43.2 Å². The molecule has 140 valence electrons. The van der Waals surface area contributed by atoms with Gasteiger partial charge in [0.1, 0.15) is 4.21 Å². The number of carbonyl (C=O) groups is 1.